The zero-order valence-corrected chi connectivity index (χ0v) is 13.4. The Labute approximate surface area is 122 Å². The lowest BCUT2D eigenvalue weighted by Crippen LogP contribution is -2.33. The van der Waals surface area contributed by atoms with Crippen LogP contribution in [0.5, 0.6) is 0 Å². The quantitative estimate of drug-likeness (QED) is 0.867. The maximum atomic E-state index is 6.05. The molecule has 102 valence electrons. The van der Waals surface area contributed by atoms with E-state index in [1.807, 2.05) is 18.3 Å². The number of halogens is 1. The fraction of sp³-hybridized carbons (Fsp3) is 0.400. The zero-order chi connectivity index (χ0) is 14.2. The minimum Gasteiger partial charge on any atom is -0.398 e. The van der Waals surface area contributed by atoms with Gasteiger partial charge in [-0.2, -0.15) is 0 Å². The molecule has 0 radical (unpaired) electrons. The molecule has 19 heavy (non-hydrogen) atoms. The molecule has 0 bridgehead atoms. The number of aromatic nitrogens is 1. The molecule has 1 heterocycles. The van der Waals surface area contributed by atoms with Crippen LogP contribution in [0.15, 0.2) is 28.9 Å². The molecule has 0 fully saturated rings. The van der Waals surface area contributed by atoms with Gasteiger partial charge in [-0.25, -0.2) is 0 Å². The summed E-state index contributed by atoms with van der Waals surface area (Å²) in [4.78, 5) is 6.81. The van der Waals surface area contributed by atoms with Crippen LogP contribution in [0.4, 0.5) is 11.4 Å². The standard InChI is InChI=1S/C15H20BrN3/c1-9(2)10(3)19(4)14-6-5-13(17)12-7-11(16)8-18-15(12)14/h5-10H,17H2,1-4H3. The van der Waals surface area contributed by atoms with Crippen LogP contribution in [0.1, 0.15) is 20.8 Å². The third-order valence-electron chi connectivity index (χ3n) is 3.78. The third kappa shape index (κ3) is 2.68. The summed E-state index contributed by atoms with van der Waals surface area (Å²) in [6.07, 6.45) is 1.82. The van der Waals surface area contributed by atoms with Crippen molar-refractivity contribution in [2.75, 3.05) is 17.7 Å². The lowest BCUT2D eigenvalue weighted by Gasteiger charge is -2.30. The maximum absolute atomic E-state index is 6.05. The summed E-state index contributed by atoms with van der Waals surface area (Å²) in [6, 6.07) is 6.47. The van der Waals surface area contributed by atoms with Crippen molar-refractivity contribution in [2.45, 2.75) is 26.8 Å². The molecule has 1 atom stereocenters. The number of benzene rings is 1. The number of nitrogens with zero attached hydrogens (tertiary/aromatic N) is 2. The zero-order valence-electron chi connectivity index (χ0n) is 11.8. The van der Waals surface area contributed by atoms with Crippen LogP contribution in [0.25, 0.3) is 10.9 Å². The van der Waals surface area contributed by atoms with Crippen LogP contribution >= 0.6 is 15.9 Å². The average Bonchev–Trinajstić information content (AvgIpc) is 2.38. The smallest absolute Gasteiger partial charge is 0.0956 e. The lowest BCUT2D eigenvalue weighted by atomic mass is 10.0. The molecule has 1 aromatic heterocycles. The van der Waals surface area contributed by atoms with Crippen LogP contribution < -0.4 is 10.6 Å². The molecular formula is C15H20BrN3. The Hall–Kier alpha value is -1.29. The van der Waals surface area contributed by atoms with E-state index in [1.54, 1.807) is 0 Å². The summed E-state index contributed by atoms with van der Waals surface area (Å²) in [5.74, 6) is 0.577. The van der Waals surface area contributed by atoms with Crippen molar-refractivity contribution in [3.8, 4) is 0 Å². The minimum absolute atomic E-state index is 0.442. The van der Waals surface area contributed by atoms with Crippen LogP contribution in [-0.2, 0) is 0 Å². The van der Waals surface area contributed by atoms with Crippen LogP contribution in [0.2, 0.25) is 0 Å². The van der Waals surface area contributed by atoms with Gasteiger partial charge in [0.05, 0.1) is 11.2 Å². The highest BCUT2D eigenvalue weighted by molar-refractivity contribution is 9.10. The number of nitrogen functional groups attached to an aromatic ring is 1. The highest BCUT2D eigenvalue weighted by atomic mass is 79.9. The Morgan fingerprint density at radius 1 is 1.26 bits per heavy atom. The Morgan fingerprint density at radius 3 is 2.58 bits per heavy atom. The first kappa shape index (κ1) is 14.1. The van der Waals surface area contributed by atoms with Gasteiger partial charge in [-0.05, 0) is 47.0 Å². The summed E-state index contributed by atoms with van der Waals surface area (Å²) in [5, 5.41) is 0.995. The summed E-state index contributed by atoms with van der Waals surface area (Å²) < 4.78 is 0.948. The number of fused-ring (bicyclic) bond motifs is 1. The molecule has 3 nitrogen and oxygen atoms in total. The van der Waals surface area contributed by atoms with Gasteiger partial charge in [0.15, 0.2) is 0 Å². The van der Waals surface area contributed by atoms with E-state index < -0.39 is 0 Å². The van der Waals surface area contributed by atoms with Gasteiger partial charge in [-0.3, -0.25) is 4.98 Å². The first-order valence-corrected chi connectivity index (χ1v) is 7.27. The van der Waals surface area contributed by atoms with Gasteiger partial charge in [0.1, 0.15) is 0 Å². The van der Waals surface area contributed by atoms with Gasteiger partial charge in [0, 0.05) is 34.8 Å². The monoisotopic (exact) mass is 321 g/mol. The summed E-state index contributed by atoms with van der Waals surface area (Å²) in [6.45, 7) is 6.68. The summed E-state index contributed by atoms with van der Waals surface area (Å²) in [5.41, 5.74) is 8.89. The molecule has 1 aromatic carbocycles. The molecule has 4 heteroatoms. The topological polar surface area (TPSA) is 42.1 Å². The van der Waals surface area contributed by atoms with Gasteiger partial charge in [-0.15, -0.1) is 0 Å². The number of pyridine rings is 1. The maximum Gasteiger partial charge on any atom is 0.0956 e. The SMILES string of the molecule is CC(C)C(C)N(C)c1ccc(N)c2cc(Br)cnc12. The van der Waals surface area contributed by atoms with Gasteiger partial charge >= 0.3 is 0 Å². The van der Waals surface area contributed by atoms with Crippen molar-refractivity contribution < 1.29 is 0 Å². The molecule has 0 saturated carbocycles. The van der Waals surface area contributed by atoms with Crippen molar-refractivity contribution in [2.24, 2.45) is 5.92 Å². The molecule has 1 unspecified atom stereocenters. The first-order chi connectivity index (χ1) is 8.91. The third-order valence-corrected chi connectivity index (χ3v) is 4.22. The Kier molecular flexibility index (Phi) is 3.99. The van der Waals surface area contributed by atoms with E-state index in [9.17, 15) is 0 Å². The highest BCUT2D eigenvalue weighted by Gasteiger charge is 2.17. The largest absolute Gasteiger partial charge is 0.398 e. The van der Waals surface area contributed by atoms with E-state index in [0.717, 1.165) is 26.8 Å². The van der Waals surface area contributed by atoms with E-state index in [1.165, 1.54) is 0 Å². The Bertz CT molecular complexity index is 595. The van der Waals surface area contributed by atoms with E-state index in [0.29, 0.717) is 12.0 Å². The van der Waals surface area contributed by atoms with E-state index in [4.69, 9.17) is 5.73 Å². The molecule has 0 saturated heterocycles. The van der Waals surface area contributed by atoms with Gasteiger partial charge < -0.3 is 10.6 Å². The normalized spacial score (nSPS) is 12.9. The van der Waals surface area contributed by atoms with Crippen LogP contribution in [-0.4, -0.2) is 18.1 Å². The molecule has 0 aliphatic carbocycles. The van der Waals surface area contributed by atoms with Crippen molar-refractivity contribution in [1.82, 2.24) is 4.98 Å². The molecule has 2 aromatic rings. The van der Waals surface area contributed by atoms with Gasteiger partial charge in [-0.1, -0.05) is 13.8 Å². The van der Waals surface area contributed by atoms with E-state index in [-0.39, 0.29) is 0 Å². The molecule has 0 amide bonds. The molecule has 2 N–H and O–H groups in total. The van der Waals surface area contributed by atoms with Crippen molar-refractivity contribution >= 4 is 38.2 Å². The molecule has 2 rings (SSSR count). The summed E-state index contributed by atoms with van der Waals surface area (Å²) in [7, 11) is 2.11. The van der Waals surface area contributed by atoms with Gasteiger partial charge in [0.25, 0.3) is 0 Å². The predicted molar refractivity (Wildman–Crippen MR) is 86.6 cm³/mol. The van der Waals surface area contributed by atoms with Crippen molar-refractivity contribution in [3.05, 3.63) is 28.9 Å². The number of rotatable bonds is 3. The van der Waals surface area contributed by atoms with Crippen LogP contribution in [0.3, 0.4) is 0 Å². The lowest BCUT2D eigenvalue weighted by molar-refractivity contribution is 0.506. The average molecular weight is 322 g/mol. The predicted octanol–water partition coefficient (Wildman–Crippen LogP) is 4.06. The molecule has 0 aliphatic rings. The highest BCUT2D eigenvalue weighted by Crippen LogP contribution is 2.32. The number of hydrogen-bond acceptors (Lipinski definition) is 3. The number of hydrogen-bond donors (Lipinski definition) is 1. The van der Waals surface area contributed by atoms with Crippen molar-refractivity contribution in [1.29, 1.82) is 0 Å². The van der Waals surface area contributed by atoms with E-state index in [2.05, 4.69) is 59.7 Å². The fourth-order valence-corrected chi connectivity index (χ4v) is 2.48. The molecule has 0 aliphatic heterocycles. The minimum atomic E-state index is 0.442. The van der Waals surface area contributed by atoms with Crippen LogP contribution in [0, 0.1) is 5.92 Å². The first-order valence-electron chi connectivity index (χ1n) is 6.48. The number of nitrogens with two attached hydrogens (primary N) is 1. The Balaban J connectivity index is 2.59. The second-order valence-corrected chi connectivity index (χ2v) is 6.23. The summed E-state index contributed by atoms with van der Waals surface area (Å²) >= 11 is 3.45. The Morgan fingerprint density at radius 2 is 1.95 bits per heavy atom. The molecular weight excluding hydrogens is 302 g/mol. The van der Waals surface area contributed by atoms with Crippen molar-refractivity contribution in [3.63, 3.8) is 0 Å². The fourth-order valence-electron chi connectivity index (χ4n) is 2.15. The van der Waals surface area contributed by atoms with Gasteiger partial charge in [0.2, 0.25) is 0 Å². The number of anilines is 2. The van der Waals surface area contributed by atoms with E-state index >= 15 is 0 Å². The second kappa shape index (κ2) is 5.37. The molecule has 0 spiro atoms. The second-order valence-electron chi connectivity index (χ2n) is 5.32.